The molecule has 0 aliphatic carbocycles. The number of hydrogen-bond donors (Lipinski definition) is 1. The minimum Gasteiger partial charge on any atom is -0.353 e. The lowest BCUT2D eigenvalue weighted by Crippen LogP contribution is -2.47. The van der Waals surface area contributed by atoms with E-state index in [2.05, 4.69) is 51.2 Å². The molecule has 1 aromatic rings. The highest BCUT2D eigenvalue weighted by atomic mass is 16.2. The van der Waals surface area contributed by atoms with Crippen molar-refractivity contribution in [3.8, 4) is 0 Å². The third-order valence-electron chi connectivity index (χ3n) is 4.61. The molecule has 0 bridgehead atoms. The number of likely N-dealkylation sites (tertiary alicyclic amines) is 1. The van der Waals surface area contributed by atoms with Crippen molar-refractivity contribution in [1.29, 1.82) is 0 Å². The van der Waals surface area contributed by atoms with Crippen LogP contribution in [0.4, 0.5) is 0 Å². The third-order valence-corrected chi connectivity index (χ3v) is 4.61. The topological polar surface area (TPSA) is 49.4 Å². The summed E-state index contributed by atoms with van der Waals surface area (Å²) in [5.74, 6) is 0.345. The van der Waals surface area contributed by atoms with Crippen molar-refractivity contribution in [3.63, 3.8) is 0 Å². The zero-order chi connectivity index (χ0) is 18.4. The molecule has 1 saturated heterocycles. The molecule has 4 nitrogen and oxygen atoms in total. The summed E-state index contributed by atoms with van der Waals surface area (Å²) in [6, 6.07) is 8.54. The first-order valence-electron chi connectivity index (χ1n) is 9.36. The van der Waals surface area contributed by atoms with Crippen molar-refractivity contribution in [1.82, 2.24) is 10.2 Å². The first-order valence-corrected chi connectivity index (χ1v) is 9.36. The van der Waals surface area contributed by atoms with Crippen LogP contribution in [-0.4, -0.2) is 35.8 Å². The van der Waals surface area contributed by atoms with Gasteiger partial charge in [0.1, 0.15) is 0 Å². The van der Waals surface area contributed by atoms with Gasteiger partial charge in [-0.15, -0.1) is 0 Å². The number of carbonyl (C=O) groups is 2. The van der Waals surface area contributed by atoms with Crippen LogP contribution < -0.4 is 5.32 Å². The predicted molar refractivity (Wildman–Crippen MR) is 101 cm³/mol. The Morgan fingerprint density at radius 3 is 2.48 bits per heavy atom. The van der Waals surface area contributed by atoms with Gasteiger partial charge in [-0.3, -0.25) is 9.59 Å². The van der Waals surface area contributed by atoms with E-state index < -0.39 is 0 Å². The van der Waals surface area contributed by atoms with Gasteiger partial charge in [-0.1, -0.05) is 50.6 Å². The van der Waals surface area contributed by atoms with Crippen LogP contribution >= 0.6 is 0 Å². The average Bonchev–Trinajstić information content (AvgIpc) is 2.51. The van der Waals surface area contributed by atoms with Gasteiger partial charge in [-0.2, -0.15) is 0 Å². The number of amides is 2. The molecule has 4 heteroatoms. The smallest absolute Gasteiger partial charge is 0.222 e. The number of benzene rings is 1. The lowest BCUT2D eigenvalue weighted by molar-refractivity contribution is -0.132. The van der Waals surface area contributed by atoms with Gasteiger partial charge in [-0.05, 0) is 37.2 Å². The maximum absolute atomic E-state index is 12.4. The quantitative estimate of drug-likeness (QED) is 0.889. The highest BCUT2D eigenvalue weighted by Gasteiger charge is 2.25. The van der Waals surface area contributed by atoms with Gasteiger partial charge >= 0.3 is 0 Å². The average molecular weight is 344 g/mol. The van der Waals surface area contributed by atoms with Gasteiger partial charge in [0.05, 0.1) is 0 Å². The molecule has 0 atom stereocenters. The van der Waals surface area contributed by atoms with E-state index in [0.717, 1.165) is 32.4 Å². The van der Waals surface area contributed by atoms with Crippen LogP contribution in [-0.2, 0) is 16.0 Å². The lowest BCUT2D eigenvalue weighted by atomic mass is 9.91. The van der Waals surface area contributed by atoms with E-state index in [1.54, 1.807) is 0 Å². The number of hydrogen-bond acceptors (Lipinski definition) is 2. The second kappa shape index (κ2) is 8.50. The number of aryl methyl sites for hydroxylation is 2. The van der Waals surface area contributed by atoms with Crippen molar-refractivity contribution in [2.75, 3.05) is 13.1 Å². The monoisotopic (exact) mass is 344 g/mol. The molecule has 1 aliphatic heterocycles. The summed E-state index contributed by atoms with van der Waals surface area (Å²) in [6.45, 7) is 9.77. The molecule has 0 saturated carbocycles. The Kier molecular flexibility index (Phi) is 6.63. The SMILES string of the molecule is Cc1cccc(CCC(=O)N2CCC(NC(=O)CC(C)(C)C)CC2)c1. The fraction of sp³-hybridized carbons (Fsp3) is 0.619. The van der Waals surface area contributed by atoms with E-state index in [0.29, 0.717) is 12.8 Å². The van der Waals surface area contributed by atoms with Gasteiger partial charge in [0, 0.05) is 32.0 Å². The summed E-state index contributed by atoms with van der Waals surface area (Å²) in [5.41, 5.74) is 2.46. The van der Waals surface area contributed by atoms with Crippen LogP contribution in [0.15, 0.2) is 24.3 Å². The van der Waals surface area contributed by atoms with E-state index in [-0.39, 0.29) is 23.3 Å². The molecule has 25 heavy (non-hydrogen) atoms. The highest BCUT2D eigenvalue weighted by molar-refractivity contribution is 5.77. The maximum atomic E-state index is 12.4. The zero-order valence-corrected chi connectivity index (χ0v) is 16.1. The molecule has 1 aromatic carbocycles. The Hall–Kier alpha value is -1.84. The van der Waals surface area contributed by atoms with Crippen molar-refractivity contribution >= 4 is 11.8 Å². The number of rotatable bonds is 5. The molecule has 0 unspecified atom stereocenters. The van der Waals surface area contributed by atoms with Crippen LogP contribution in [0.3, 0.4) is 0 Å². The lowest BCUT2D eigenvalue weighted by Gasteiger charge is -2.33. The van der Waals surface area contributed by atoms with Crippen molar-refractivity contribution in [3.05, 3.63) is 35.4 Å². The molecule has 1 aliphatic rings. The largest absolute Gasteiger partial charge is 0.353 e. The number of nitrogens with zero attached hydrogens (tertiary/aromatic N) is 1. The van der Waals surface area contributed by atoms with Crippen molar-refractivity contribution in [2.45, 2.75) is 65.8 Å². The summed E-state index contributed by atoms with van der Waals surface area (Å²) in [5, 5.41) is 3.12. The van der Waals surface area contributed by atoms with Crippen molar-refractivity contribution < 1.29 is 9.59 Å². The fourth-order valence-corrected chi connectivity index (χ4v) is 3.31. The maximum Gasteiger partial charge on any atom is 0.222 e. The second-order valence-corrected chi connectivity index (χ2v) is 8.45. The Balaban J connectivity index is 1.72. The van der Waals surface area contributed by atoms with E-state index in [4.69, 9.17) is 0 Å². The summed E-state index contributed by atoms with van der Waals surface area (Å²) in [6.07, 6.45) is 3.61. The molecular formula is C21H32N2O2. The molecule has 2 rings (SSSR count). The van der Waals surface area contributed by atoms with E-state index in [9.17, 15) is 9.59 Å². The fourth-order valence-electron chi connectivity index (χ4n) is 3.31. The van der Waals surface area contributed by atoms with E-state index in [1.807, 2.05) is 11.0 Å². The Bertz CT molecular complexity index is 596. The number of carbonyl (C=O) groups excluding carboxylic acids is 2. The molecule has 1 N–H and O–H groups in total. The minimum atomic E-state index is 0.0105. The predicted octanol–water partition coefficient (Wildman–Crippen LogP) is 3.47. The van der Waals surface area contributed by atoms with Crippen LogP contribution in [0.25, 0.3) is 0 Å². The van der Waals surface area contributed by atoms with Gasteiger partial charge in [-0.25, -0.2) is 0 Å². The highest BCUT2D eigenvalue weighted by Crippen LogP contribution is 2.19. The Morgan fingerprint density at radius 1 is 1.20 bits per heavy atom. The molecule has 1 fully saturated rings. The number of nitrogens with one attached hydrogen (secondary N) is 1. The molecule has 0 radical (unpaired) electrons. The number of piperidine rings is 1. The minimum absolute atomic E-state index is 0.0105. The molecule has 138 valence electrons. The molecule has 0 aromatic heterocycles. The molecular weight excluding hydrogens is 312 g/mol. The van der Waals surface area contributed by atoms with Crippen LogP contribution in [0.2, 0.25) is 0 Å². The third kappa shape index (κ3) is 6.89. The zero-order valence-electron chi connectivity index (χ0n) is 16.1. The van der Waals surface area contributed by atoms with Crippen LogP contribution in [0.1, 0.15) is 57.6 Å². The first-order chi connectivity index (χ1) is 11.7. The first kappa shape index (κ1) is 19.5. The summed E-state index contributed by atoms with van der Waals surface area (Å²) < 4.78 is 0. The van der Waals surface area contributed by atoms with Crippen molar-refractivity contribution in [2.24, 2.45) is 5.41 Å². The Morgan fingerprint density at radius 2 is 1.88 bits per heavy atom. The summed E-state index contributed by atoms with van der Waals surface area (Å²) >= 11 is 0. The summed E-state index contributed by atoms with van der Waals surface area (Å²) in [7, 11) is 0. The molecule has 2 amide bonds. The van der Waals surface area contributed by atoms with Gasteiger partial charge in [0.15, 0.2) is 0 Å². The van der Waals surface area contributed by atoms with Crippen LogP contribution in [0, 0.1) is 12.3 Å². The van der Waals surface area contributed by atoms with Gasteiger partial charge in [0.25, 0.3) is 0 Å². The normalized spacial score (nSPS) is 15.9. The van der Waals surface area contributed by atoms with Gasteiger partial charge < -0.3 is 10.2 Å². The van der Waals surface area contributed by atoms with E-state index >= 15 is 0 Å². The van der Waals surface area contributed by atoms with Gasteiger partial charge in [0.2, 0.25) is 11.8 Å². The summed E-state index contributed by atoms with van der Waals surface area (Å²) in [4.78, 5) is 26.4. The molecule has 1 heterocycles. The van der Waals surface area contributed by atoms with Crippen LogP contribution in [0.5, 0.6) is 0 Å². The molecule has 0 spiro atoms. The standard InChI is InChI=1S/C21H32N2O2/c1-16-6-5-7-17(14-16)8-9-20(25)23-12-10-18(11-13-23)22-19(24)15-21(2,3)4/h5-7,14,18H,8-13,15H2,1-4H3,(H,22,24). The Labute approximate surface area is 152 Å². The van der Waals surface area contributed by atoms with E-state index in [1.165, 1.54) is 11.1 Å². The second-order valence-electron chi connectivity index (χ2n) is 8.45.